The lowest BCUT2D eigenvalue weighted by Gasteiger charge is -2.40. The summed E-state index contributed by atoms with van der Waals surface area (Å²) in [5, 5.41) is 1.01. The monoisotopic (exact) mass is 310 g/mol. The number of rotatable bonds is 1. The minimum atomic E-state index is -0.612. The molecule has 1 aromatic carbocycles. The van der Waals surface area contributed by atoms with Crippen LogP contribution in [0.3, 0.4) is 0 Å². The van der Waals surface area contributed by atoms with Gasteiger partial charge in [-0.1, -0.05) is 6.92 Å². The van der Waals surface area contributed by atoms with Crippen molar-refractivity contribution in [2.24, 2.45) is 0 Å². The zero-order chi connectivity index (χ0) is 15.8. The van der Waals surface area contributed by atoms with Gasteiger partial charge in [0.15, 0.2) is 5.78 Å². The molecule has 3 atom stereocenters. The third-order valence-corrected chi connectivity index (χ3v) is 5.57. The number of benzene rings is 1. The van der Waals surface area contributed by atoms with E-state index in [4.69, 9.17) is 13.9 Å². The fraction of sp³-hybridized carbons (Fsp3) is 0.421. The minimum absolute atomic E-state index is 0.0676. The third kappa shape index (κ3) is 1.52. The summed E-state index contributed by atoms with van der Waals surface area (Å²) in [7, 11) is 1.66. The topological polar surface area (TPSA) is 48.7 Å². The molecule has 0 radical (unpaired) electrons. The minimum Gasteiger partial charge on any atom is -0.497 e. The number of carbonyl (C=O) groups is 1. The van der Waals surface area contributed by atoms with Crippen molar-refractivity contribution in [1.82, 2.24) is 0 Å². The molecule has 4 nitrogen and oxygen atoms in total. The molecule has 3 heterocycles. The van der Waals surface area contributed by atoms with Crippen molar-refractivity contribution in [1.29, 1.82) is 0 Å². The molecule has 0 N–H and O–H groups in total. The van der Waals surface area contributed by atoms with Crippen LogP contribution >= 0.6 is 0 Å². The molecule has 2 bridgehead atoms. The van der Waals surface area contributed by atoms with Gasteiger partial charge in [0.2, 0.25) is 0 Å². The Kier molecular flexibility index (Phi) is 2.48. The van der Waals surface area contributed by atoms with Crippen LogP contribution in [-0.4, -0.2) is 19.0 Å². The maximum Gasteiger partial charge on any atom is 0.161 e. The first-order chi connectivity index (χ1) is 11.1. The standard InChI is InChI=1S/C19H18O4/c1-10-16-9-13-14(20)4-3-7-19(13,23-16)17-12-8-11(21-2)5-6-15(12)22-18(10)17/h5-6,8-10,16H,3-4,7H2,1-2H3/t10-,16+,19-/m1/s1. The van der Waals surface area contributed by atoms with Gasteiger partial charge in [0, 0.05) is 28.9 Å². The number of ether oxygens (including phenoxy) is 2. The summed E-state index contributed by atoms with van der Waals surface area (Å²) in [5.74, 6) is 2.08. The van der Waals surface area contributed by atoms with E-state index in [1.807, 2.05) is 24.3 Å². The summed E-state index contributed by atoms with van der Waals surface area (Å²) in [5.41, 5.74) is 2.11. The first kappa shape index (κ1) is 13.4. The molecule has 23 heavy (non-hydrogen) atoms. The van der Waals surface area contributed by atoms with Crippen LogP contribution in [-0.2, 0) is 15.1 Å². The quantitative estimate of drug-likeness (QED) is 0.803. The summed E-state index contributed by atoms with van der Waals surface area (Å²) in [6, 6.07) is 5.84. The Morgan fingerprint density at radius 3 is 3.04 bits per heavy atom. The van der Waals surface area contributed by atoms with Crippen LogP contribution in [0.1, 0.15) is 43.4 Å². The van der Waals surface area contributed by atoms with Crippen LogP contribution in [0, 0.1) is 0 Å². The summed E-state index contributed by atoms with van der Waals surface area (Å²) in [6.07, 6.45) is 4.28. The lowest BCUT2D eigenvalue weighted by atomic mass is 9.74. The van der Waals surface area contributed by atoms with E-state index in [1.54, 1.807) is 7.11 Å². The number of carbonyl (C=O) groups excluding carboxylic acids is 1. The second-order valence-corrected chi connectivity index (χ2v) is 6.76. The predicted molar refractivity (Wildman–Crippen MR) is 84.7 cm³/mol. The Bertz CT molecular complexity index is 875. The van der Waals surface area contributed by atoms with Gasteiger partial charge in [-0.25, -0.2) is 0 Å². The number of furan rings is 1. The van der Waals surface area contributed by atoms with Crippen molar-refractivity contribution < 1.29 is 18.7 Å². The van der Waals surface area contributed by atoms with Crippen molar-refractivity contribution in [2.45, 2.75) is 43.8 Å². The van der Waals surface area contributed by atoms with E-state index in [1.165, 1.54) is 0 Å². The highest BCUT2D eigenvalue weighted by Crippen LogP contribution is 2.58. The van der Waals surface area contributed by atoms with Gasteiger partial charge < -0.3 is 13.9 Å². The van der Waals surface area contributed by atoms with E-state index in [-0.39, 0.29) is 17.8 Å². The lowest BCUT2D eigenvalue weighted by molar-refractivity contribution is -0.124. The second kappa shape index (κ2) is 4.26. The number of fused-ring (bicyclic) bond motifs is 4. The molecule has 5 rings (SSSR count). The summed E-state index contributed by atoms with van der Waals surface area (Å²) in [6.45, 7) is 2.11. The Hall–Kier alpha value is -2.07. The first-order valence-corrected chi connectivity index (χ1v) is 8.18. The molecule has 1 saturated carbocycles. The molecule has 1 aliphatic carbocycles. The van der Waals surface area contributed by atoms with Crippen LogP contribution in [0.4, 0.5) is 0 Å². The normalized spacial score (nSPS) is 31.7. The zero-order valence-corrected chi connectivity index (χ0v) is 13.2. The van der Waals surface area contributed by atoms with Crippen molar-refractivity contribution in [3.05, 3.63) is 41.2 Å². The van der Waals surface area contributed by atoms with Gasteiger partial charge in [0.25, 0.3) is 0 Å². The van der Waals surface area contributed by atoms with Crippen molar-refractivity contribution in [2.75, 3.05) is 7.11 Å². The van der Waals surface area contributed by atoms with Gasteiger partial charge in [0.1, 0.15) is 22.7 Å². The van der Waals surface area contributed by atoms with Gasteiger partial charge in [-0.3, -0.25) is 4.79 Å². The molecule has 118 valence electrons. The van der Waals surface area contributed by atoms with Crippen LogP contribution in [0.5, 0.6) is 5.75 Å². The average Bonchev–Trinajstić information content (AvgIpc) is 3.11. The second-order valence-electron chi connectivity index (χ2n) is 6.76. The van der Waals surface area contributed by atoms with Gasteiger partial charge in [-0.15, -0.1) is 0 Å². The number of methoxy groups -OCH3 is 1. The van der Waals surface area contributed by atoms with Crippen molar-refractivity contribution in [3.8, 4) is 5.75 Å². The molecule has 0 saturated heterocycles. The van der Waals surface area contributed by atoms with Crippen LogP contribution in [0.25, 0.3) is 11.0 Å². The number of hydrogen-bond acceptors (Lipinski definition) is 4. The van der Waals surface area contributed by atoms with E-state index in [9.17, 15) is 4.79 Å². The fourth-order valence-corrected chi connectivity index (χ4v) is 4.45. The number of hydrogen-bond donors (Lipinski definition) is 0. The molecule has 1 fully saturated rings. The molecule has 4 heteroatoms. The smallest absolute Gasteiger partial charge is 0.161 e. The van der Waals surface area contributed by atoms with Gasteiger partial charge in [-0.2, -0.15) is 0 Å². The van der Waals surface area contributed by atoms with E-state index < -0.39 is 5.60 Å². The van der Waals surface area contributed by atoms with Crippen molar-refractivity contribution in [3.63, 3.8) is 0 Å². The number of Topliss-reactive ketones (excluding diaryl/α,β-unsaturated/α-hetero) is 1. The van der Waals surface area contributed by atoms with Crippen LogP contribution in [0.2, 0.25) is 0 Å². The maximum absolute atomic E-state index is 12.5. The highest BCUT2D eigenvalue weighted by Gasteiger charge is 2.56. The SMILES string of the molecule is COc1ccc2oc3c(c2c1)[C@@]12CCCC(=O)C1=C[C@H](O2)[C@H]3C. The Morgan fingerprint density at radius 1 is 1.35 bits per heavy atom. The molecule has 1 spiro atoms. The molecule has 0 amide bonds. The van der Waals surface area contributed by atoms with Crippen LogP contribution < -0.4 is 4.74 Å². The van der Waals surface area contributed by atoms with E-state index in [0.717, 1.165) is 46.5 Å². The Balaban J connectivity index is 1.85. The van der Waals surface area contributed by atoms with E-state index in [2.05, 4.69) is 6.92 Å². The Morgan fingerprint density at radius 2 is 2.22 bits per heavy atom. The van der Waals surface area contributed by atoms with Gasteiger partial charge in [-0.05, 0) is 37.1 Å². The largest absolute Gasteiger partial charge is 0.497 e. The molecule has 0 unspecified atom stereocenters. The van der Waals surface area contributed by atoms with Gasteiger partial charge in [0.05, 0.1) is 13.2 Å². The highest BCUT2D eigenvalue weighted by molar-refractivity contribution is 6.01. The van der Waals surface area contributed by atoms with E-state index in [0.29, 0.717) is 6.42 Å². The summed E-state index contributed by atoms with van der Waals surface area (Å²) < 4.78 is 18.0. The molecule has 1 aromatic heterocycles. The lowest BCUT2D eigenvalue weighted by Crippen LogP contribution is -2.40. The fourth-order valence-electron chi connectivity index (χ4n) is 4.45. The molecule has 3 aliphatic rings. The third-order valence-electron chi connectivity index (χ3n) is 5.57. The predicted octanol–water partition coefficient (Wildman–Crippen LogP) is 3.83. The molecule has 2 aromatic rings. The molecular weight excluding hydrogens is 292 g/mol. The number of ketones is 1. The van der Waals surface area contributed by atoms with Gasteiger partial charge >= 0.3 is 0 Å². The Labute approximate surface area is 134 Å². The summed E-state index contributed by atoms with van der Waals surface area (Å²) >= 11 is 0. The maximum atomic E-state index is 12.5. The zero-order valence-electron chi connectivity index (χ0n) is 13.2. The van der Waals surface area contributed by atoms with E-state index >= 15 is 0 Å². The summed E-state index contributed by atoms with van der Waals surface area (Å²) in [4.78, 5) is 12.5. The molecule has 2 aliphatic heterocycles. The average molecular weight is 310 g/mol. The van der Waals surface area contributed by atoms with Crippen LogP contribution in [0.15, 0.2) is 34.3 Å². The molecular formula is C19H18O4. The highest BCUT2D eigenvalue weighted by atomic mass is 16.5. The first-order valence-electron chi connectivity index (χ1n) is 8.18. The van der Waals surface area contributed by atoms with Crippen molar-refractivity contribution >= 4 is 16.8 Å².